The van der Waals surface area contributed by atoms with E-state index in [1.807, 2.05) is 0 Å². The van der Waals surface area contributed by atoms with E-state index in [4.69, 9.17) is 4.42 Å². The molecule has 0 amide bonds. The first kappa shape index (κ1) is 12.4. The number of anilines is 2. The molecule has 0 atom stereocenters. The summed E-state index contributed by atoms with van der Waals surface area (Å²) in [5.41, 5.74) is 0.594. The number of oxazole rings is 1. The van der Waals surface area contributed by atoms with Crippen molar-refractivity contribution >= 4 is 21.9 Å². The van der Waals surface area contributed by atoms with Crippen LogP contribution in [0.25, 0.3) is 0 Å². The highest BCUT2D eigenvalue weighted by atomic mass is 32.2. The van der Waals surface area contributed by atoms with Gasteiger partial charge in [0.05, 0.1) is 5.69 Å². The van der Waals surface area contributed by atoms with Gasteiger partial charge in [0.2, 0.25) is 0 Å². The molecule has 0 radical (unpaired) electrons. The molecule has 2 aromatic heterocycles. The van der Waals surface area contributed by atoms with Crippen molar-refractivity contribution in [3.8, 4) is 0 Å². The van der Waals surface area contributed by atoms with E-state index in [-0.39, 0.29) is 10.9 Å². The van der Waals surface area contributed by atoms with E-state index in [1.165, 1.54) is 18.5 Å². The summed E-state index contributed by atoms with van der Waals surface area (Å²) in [5, 5.41) is 2.80. The summed E-state index contributed by atoms with van der Waals surface area (Å²) in [6, 6.07) is 2.94. The van der Waals surface area contributed by atoms with Crippen LogP contribution < -0.4 is 10.0 Å². The first-order valence-corrected chi connectivity index (χ1v) is 6.58. The van der Waals surface area contributed by atoms with Gasteiger partial charge in [-0.15, -0.1) is 0 Å². The lowest BCUT2D eigenvalue weighted by atomic mass is 10.5. The van der Waals surface area contributed by atoms with Crippen LogP contribution >= 0.6 is 0 Å². The summed E-state index contributed by atoms with van der Waals surface area (Å²) in [4.78, 5) is 7.83. The Morgan fingerprint density at radius 1 is 1.33 bits per heavy atom. The smallest absolute Gasteiger partial charge is 0.309 e. The lowest BCUT2D eigenvalue weighted by Gasteiger charge is -2.04. The van der Waals surface area contributed by atoms with Gasteiger partial charge in [0.1, 0.15) is 17.0 Å². The van der Waals surface area contributed by atoms with Crippen molar-refractivity contribution in [1.82, 2.24) is 9.97 Å². The standard InChI is InChI=1S/C10H12N4O3S/c1-7-6-17-10(13-7)14-18(15,16)8-3-4-9(11-2)12-5-8/h3-6H,1-2H3,(H,11,12)(H,13,14). The topological polar surface area (TPSA) is 97.1 Å². The summed E-state index contributed by atoms with van der Waals surface area (Å²) in [6.07, 6.45) is 2.62. The van der Waals surface area contributed by atoms with Crippen molar-refractivity contribution in [2.75, 3.05) is 17.1 Å². The Kier molecular flexibility index (Phi) is 3.19. The molecule has 2 aromatic rings. The maximum absolute atomic E-state index is 11.9. The second-order valence-corrected chi connectivity index (χ2v) is 5.21. The SMILES string of the molecule is CNc1ccc(S(=O)(=O)Nc2nc(C)co2)cn1. The first-order valence-electron chi connectivity index (χ1n) is 5.10. The number of nitrogens with one attached hydrogen (secondary N) is 2. The molecule has 0 aliphatic rings. The maximum Gasteiger partial charge on any atom is 0.309 e. The van der Waals surface area contributed by atoms with Crippen LogP contribution in [0.4, 0.5) is 11.8 Å². The Bertz CT molecular complexity index is 633. The van der Waals surface area contributed by atoms with E-state index >= 15 is 0 Å². The van der Waals surface area contributed by atoms with Gasteiger partial charge < -0.3 is 9.73 Å². The molecule has 0 spiro atoms. The fourth-order valence-electron chi connectivity index (χ4n) is 1.26. The highest BCUT2D eigenvalue weighted by Crippen LogP contribution is 2.15. The molecule has 0 aliphatic heterocycles. The normalized spacial score (nSPS) is 11.2. The lowest BCUT2D eigenvalue weighted by molar-refractivity contribution is 0.569. The van der Waals surface area contributed by atoms with Crippen molar-refractivity contribution < 1.29 is 12.8 Å². The quantitative estimate of drug-likeness (QED) is 0.865. The van der Waals surface area contributed by atoms with Gasteiger partial charge in [-0.05, 0) is 19.1 Å². The molecular weight excluding hydrogens is 256 g/mol. The summed E-state index contributed by atoms with van der Waals surface area (Å²) in [7, 11) is -2.02. The molecule has 2 rings (SSSR count). The van der Waals surface area contributed by atoms with Crippen molar-refractivity contribution in [2.45, 2.75) is 11.8 Å². The molecule has 7 nitrogen and oxygen atoms in total. The second kappa shape index (κ2) is 4.65. The van der Waals surface area contributed by atoms with Crippen molar-refractivity contribution in [2.24, 2.45) is 0 Å². The Morgan fingerprint density at radius 3 is 2.61 bits per heavy atom. The highest BCUT2D eigenvalue weighted by molar-refractivity contribution is 7.92. The minimum Gasteiger partial charge on any atom is -0.431 e. The summed E-state index contributed by atoms with van der Waals surface area (Å²) < 4.78 is 31.0. The number of nitrogens with zero attached hydrogens (tertiary/aromatic N) is 2. The van der Waals surface area contributed by atoms with E-state index < -0.39 is 10.0 Å². The van der Waals surface area contributed by atoms with Crippen LogP contribution in [0.3, 0.4) is 0 Å². The van der Waals surface area contributed by atoms with E-state index in [2.05, 4.69) is 20.0 Å². The molecule has 0 saturated carbocycles. The van der Waals surface area contributed by atoms with E-state index in [1.54, 1.807) is 20.0 Å². The number of sulfonamides is 1. The molecular formula is C10H12N4O3S. The Morgan fingerprint density at radius 2 is 2.11 bits per heavy atom. The minimum atomic E-state index is -3.72. The Hall–Kier alpha value is -2.09. The van der Waals surface area contributed by atoms with E-state index in [9.17, 15) is 8.42 Å². The molecule has 0 fully saturated rings. The van der Waals surface area contributed by atoms with Crippen molar-refractivity contribution in [3.63, 3.8) is 0 Å². The molecule has 2 N–H and O–H groups in total. The molecule has 0 unspecified atom stereocenters. The van der Waals surface area contributed by atoms with Crippen LogP contribution in [-0.4, -0.2) is 25.4 Å². The van der Waals surface area contributed by atoms with Gasteiger partial charge in [-0.3, -0.25) is 0 Å². The zero-order valence-electron chi connectivity index (χ0n) is 9.84. The zero-order chi connectivity index (χ0) is 13.2. The lowest BCUT2D eigenvalue weighted by Crippen LogP contribution is -2.13. The Labute approximate surface area is 104 Å². The van der Waals surface area contributed by atoms with Crippen molar-refractivity contribution in [1.29, 1.82) is 0 Å². The number of aryl methyl sites for hydroxylation is 1. The zero-order valence-corrected chi connectivity index (χ0v) is 10.7. The number of aromatic nitrogens is 2. The van der Waals surface area contributed by atoms with E-state index in [0.717, 1.165) is 0 Å². The van der Waals surface area contributed by atoms with Gasteiger partial charge in [0.15, 0.2) is 0 Å². The highest BCUT2D eigenvalue weighted by Gasteiger charge is 2.17. The van der Waals surface area contributed by atoms with Crippen LogP contribution in [0.5, 0.6) is 0 Å². The van der Waals surface area contributed by atoms with Gasteiger partial charge in [-0.1, -0.05) is 0 Å². The monoisotopic (exact) mass is 268 g/mol. The molecule has 2 heterocycles. The van der Waals surface area contributed by atoms with Crippen LogP contribution in [0.2, 0.25) is 0 Å². The molecule has 96 valence electrons. The van der Waals surface area contributed by atoms with Crippen LogP contribution in [0.15, 0.2) is 33.9 Å². The maximum atomic E-state index is 11.9. The summed E-state index contributed by atoms with van der Waals surface area (Å²) in [5.74, 6) is 0.584. The van der Waals surface area contributed by atoms with Gasteiger partial charge in [-0.25, -0.2) is 18.1 Å². The third kappa shape index (κ3) is 2.59. The third-order valence-electron chi connectivity index (χ3n) is 2.14. The molecule has 0 aromatic carbocycles. The van der Waals surface area contributed by atoms with Crippen LogP contribution in [0.1, 0.15) is 5.69 Å². The van der Waals surface area contributed by atoms with Crippen LogP contribution in [0, 0.1) is 6.92 Å². The average molecular weight is 268 g/mol. The third-order valence-corrected chi connectivity index (χ3v) is 3.45. The summed E-state index contributed by atoms with van der Waals surface area (Å²) in [6.45, 7) is 1.70. The predicted molar refractivity (Wildman–Crippen MR) is 65.8 cm³/mol. The van der Waals surface area contributed by atoms with Gasteiger partial charge in [0.25, 0.3) is 10.0 Å². The van der Waals surface area contributed by atoms with Gasteiger partial charge >= 0.3 is 6.01 Å². The number of hydrogen-bond donors (Lipinski definition) is 2. The average Bonchev–Trinajstić information content (AvgIpc) is 2.74. The van der Waals surface area contributed by atoms with Crippen LogP contribution in [-0.2, 0) is 10.0 Å². The second-order valence-electron chi connectivity index (χ2n) is 3.53. The van der Waals surface area contributed by atoms with Gasteiger partial charge in [-0.2, -0.15) is 4.98 Å². The number of pyridine rings is 1. The molecule has 0 saturated heterocycles. The molecule has 0 bridgehead atoms. The summed E-state index contributed by atoms with van der Waals surface area (Å²) >= 11 is 0. The molecule has 8 heteroatoms. The van der Waals surface area contributed by atoms with E-state index in [0.29, 0.717) is 11.5 Å². The predicted octanol–water partition coefficient (Wildman–Crippen LogP) is 1.22. The first-order chi connectivity index (χ1) is 8.51. The fraction of sp³-hybridized carbons (Fsp3) is 0.200. The van der Waals surface area contributed by atoms with Gasteiger partial charge in [0, 0.05) is 13.2 Å². The molecule has 18 heavy (non-hydrogen) atoms. The number of rotatable bonds is 4. The minimum absolute atomic E-state index is 0.0392. The largest absolute Gasteiger partial charge is 0.431 e. The van der Waals surface area contributed by atoms with Crippen molar-refractivity contribution in [3.05, 3.63) is 30.3 Å². The fourth-order valence-corrected chi connectivity index (χ4v) is 2.14. The Balaban J connectivity index is 2.24. The number of hydrogen-bond acceptors (Lipinski definition) is 6. The molecule has 0 aliphatic carbocycles.